The maximum absolute atomic E-state index is 11.1. The number of rotatable bonds is 5. The van der Waals surface area contributed by atoms with E-state index in [0.29, 0.717) is 5.69 Å². The SMILES string of the molecule is CS(=O)(=O)Nc1ccc(NCC2CCNCC2)cc1. The third-order valence-corrected chi connectivity index (χ3v) is 3.85. The van der Waals surface area contributed by atoms with Crippen molar-refractivity contribution in [1.29, 1.82) is 0 Å². The monoisotopic (exact) mass is 283 g/mol. The fourth-order valence-corrected chi connectivity index (χ4v) is 2.78. The minimum Gasteiger partial charge on any atom is -0.385 e. The Morgan fingerprint density at radius 2 is 1.74 bits per heavy atom. The van der Waals surface area contributed by atoms with Gasteiger partial charge in [-0.15, -0.1) is 0 Å². The summed E-state index contributed by atoms with van der Waals surface area (Å²) in [5.41, 5.74) is 1.62. The Morgan fingerprint density at radius 3 is 2.32 bits per heavy atom. The van der Waals surface area contributed by atoms with Gasteiger partial charge in [0.05, 0.1) is 6.26 Å². The summed E-state index contributed by atoms with van der Waals surface area (Å²) in [5.74, 6) is 0.718. The van der Waals surface area contributed by atoms with E-state index in [1.807, 2.05) is 12.1 Å². The van der Waals surface area contributed by atoms with E-state index >= 15 is 0 Å². The average molecular weight is 283 g/mol. The van der Waals surface area contributed by atoms with Gasteiger partial charge in [0.2, 0.25) is 10.0 Å². The van der Waals surface area contributed by atoms with Gasteiger partial charge in [-0.2, -0.15) is 0 Å². The number of benzene rings is 1. The molecule has 1 aliphatic rings. The number of anilines is 2. The Morgan fingerprint density at radius 1 is 1.16 bits per heavy atom. The highest BCUT2D eigenvalue weighted by Crippen LogP contribution is 2.17. The molecule has 0 bridgehead atoms. The second kappa shape index (κ2) is 6.25. The van der Waals surface area contributed by atoms with Gasteiger partial charge in [0.25, 0.3) is 0 Å². The molecule has 1 aromatic carbocycles. The lowest BCUT2D eigenvalue weighted by Crippen LogP contribution is -2.31. The number of piperidine rings is 1. The van der Waals surface area contributed by atoms with Gasteiger partial charge in [-0.05, 0) is 56.1 Å². The van der Waals surface area contributed by atoms with E-state index in [2.05, 4.69) is 15.4 Å². The summed E-state index contributed by atoms with van der Waals surface area (Å²) >= 11 is 0. The van der Waals surface area contributed by atoms with E-state index in [1.54, 1.807) is 12.1 Å². The van der Waals surface area contributed by atoms with Crippen LogP contribution in [-0.4, -0.2) is 34.3 Å². The molecule has 1 heterocycles. The highest BCUT2D eigenvalue weighted by Gasteiger charge is 2.12. The van der Waals surface area contributed by atoms with Crippen LogP contribution in [0, 0.1) is 5.92 Å². The van der Waals surface area contributed by atoms with Crippen molar-refractivity contribution in [3.63, 3.8) is 0 Å². The van der Waals surface area contributed by atoms with E-state index in [1.165, 1.54) is 12.8 Å². The Balaban J connectivity index is 1.84. The van der Waals surface area contributed by atoms with Crippen LogP contribution in [0.25, 0.3) is 0 Å². The van der Waals surface area contributed by atoms with Crippen molar-refractivity contribution >= 4 is 21.4 Å². The summed E-state index contributed by atoms with van der Waals surface area (Å²) in [6.45, 7) is 3.17. The maximum atomic E-state index is 11.1. The summed E-state index contributed by atoms with van der Waals surface area (Å²) in [5, 5.41) is 6.75. The van der Waals surface area contributed by atoms with Crippen molar-refractivity contribution in [2.45, 2.75) is 12.8 Å². The summed E-state index contributed by atoms with van der Waals surface area (Å²) in [6, 6.07) is 7.33. The van der Waals surface area contributed by atoms with Crippen molar-refractivity contribution in [3.8, 4) is 0 Å². The Hall–Kier alpha value is -1.27. The summed E-state index contributed by atoms with van der Waals surface area (Å²) in [6.07, 6.45) is 3.57. The summed E-state index contributed by atoms with van der Waals surface area (Å²) in [7, 11) is -3.20. The molecular formula is C13H21N3O2S. The van der Waals surface area contributed by atoms with Crippen molar-refractivity contribution in [3.05, 3.63) is 24.3 Å². The van der Waals surface area contributed by atoms with Crippen LogP contribution in [-0.2, 0) is 10.0 Å². The molecule has 1 aliphatic heterocycles. The summed E-state index contributed by atoms with van der Waals surface area (Å²) < 4.78 is 24.6. The first-order valence-electron chi connectivity index (χ1n) is 6.55. The van der Waals surface area contributed by atoms with Crippen LogP contribution in [0.15, 0.2) is 24.3 Å². The molecule has 106 valence electrons. The molecule has 5 nitrogen and oxygen atoms in total. The van der Waals surface area contributed by atoms with Crippen LogP contribution in [0.5, 0.6) is 0 Å². The smallest absolute Gasteiger partial charge is 0.229 e. The number of hydrogen-bond acceptors (Lipinski definition) is 4. The third-order valence-electron chi connectivity index (χ3n) is 3.24. The molecule has 0 aliphatic carbocycles. The average Bonchev–Trinajstić information content (AvgIpc) is 2.37. The molecule has 0 saturated carbocycles. The number of nitrogens with one attached hydrogen (secondary N) is 3. The van der Waals surface area contributed by atoms with Gasteiger partial charge < -0.3 is 10.6 Å². The molecule has 19 heavy (non-hydrogen) atoms. The second-order valence-electron chi connectivity index (χ2n) is 5.03. The third kappa shape index (κ3) is 5.08. The van der Waals surface area contributed by atoms with E-state index in [0.717, 1.165) is 37.5 Å². The predicted molar refractivity (Wildman–Crippen MR) is 79.0 cm³/mol. The van der Waals surface area contributed by atoms with Gasteiger partial charge in [0.1, 0.15) is 0 Å². The highest BCUT2D eigenvalue weighted by molar-refractivity contribution is 7.92. The first-order valence-corrected chi connectivity index (χ1v) is 8.44. The van der Waals surface area contributed by atoms with Crippen LogP contribution in [0.4, 0.5) is 11.4 Å². The first-order chi connectivity index (χ1) is 9.03. The molecule has 0 amide bonds. The predicted octanol–water partition coefficient (Wildman–Crippen LogP) is 1.47. The molecule has 0 aromatic heterocycles. The molecular weight excluding hydrogens is 262 g/mol. The molecule has 0 radical (unpaired) electrons. The fraction of sp³-hybridized carbons (Fsp3) is 0.538. The van der Waals surface area contributed by atoms with Crippen LogP contribution in [0.1, 0.15) is 12.8 Å². The van der Waals surface area contributed by atoms with Crippen molar-refractivity contribution in [2.24, 2.45) is 5.92 Å². The zero-order valence-corrected chi connectivity index (χ0v) is 12.0. The Bertz CT molecular complexity index is 493. The van der Waals surface area contributed by atoms with Gasteiger partial charge in [-0.3, -0.25) is 4.72 Å². The van der Waals surface area contributed by atoms with Crippen LogP contribution in [0.3, 0.4) is 0 Å². The minimum absolute atomic E-state index is 0.593. The van der Waals surface area contributed by atoms with Gasteiger partial charge in [-0.1, -0.05) is 0 Å². The molecule has 1 fully saturated rings. The van der Waals surface area contributed by atoms with E-state index in [9.17, 15) is 8.42 Å². The quantitative estimate of drug-likeness (QED) is 0.765. The zero-order chi connectivity index (χ0) is 13.7. The molecule has 6 heteroatoms. The molecule has 2 rings (SSSR count). The normalized spacial score (nSPS) is 17.1. The lowest BCUT2D eigenvalue weighted by molar-refractivity contribution is 0.390. The topological polar surface area (TPSA) is 70.2 Å². The second-order valence-corrected chi connectivity index (χ2v) is 6.77. The fourth-order valence-electron chi connectivity index (χ4n) is 2.22. The summed E-state index contributed by atoms with van der Waals surface area (Å²) in [4.78, 5) is 0. The molecule has 0 atom stereocenters. The molecule has 1 aromatic rings. The molecule has 3 N–H and O–H groups in total. The van der Waals surface area contributed by atoms with Gasteiger partial charge in [0.15, 0.2) is 0 Å². The van der Waals surface area contributed by atoms with E-state index in [-0.39, 0.29) is 0 Å². The van der Waals surface area contributed by atoms with Crippen LogP contribution < -0.4 is 15.4 Å². The minimum atomic E-state index is -3.20. The standard InChI is InChI=1S/C13H21N3O2S/c1-19(17,18)16-13-4-2-12(3-5-13)15-10-11-6-8-14-9-7-11/h2-5,11,14-16H,6-10H2,1H3. The van der Waals surface area contributed by atoms with Crippen molar-refractivity contribution < 1.29 is 8.42 Å². The first kappa shape index (κ1) is 14.1. The largest absolute Gasteiger partial charge is 0.385 e. The molecule has 1 saturated heterocycles. The van der Waals surface area contributed by atoms with Gasteiger partial charge in [0, 0.05) is 17.9 Å². The number of sulfonamides is 1. The van der Waals surface area contributed by atoms with E-state index < -0.39 is 10.0 Å². The highest BCUT2D eigenvalue weighted by atomic mass is 32.2. The van der Waals surface area contributed by atoms with E-state index in [4.69, 9.17) is 0 Å². The Kier molecular flexibility index (Phi) is 4.66. The van der Waals surface area contributed by atoms with Crippen LogP contribution in [0.2, 0.25) is 0 Å². The molecule has 0 unspecified atom stereocenters. The number of hydrogen-bond donors (Lipinski definition) is 3. The van der Waals surface area contributed by atoms with Crippen molar-refractivity contribution in [1.82, 2.24) is 5.32 Å². The molecule has 0 spiro atoms. The van der Waals surface area contributed by atoms with Crippen molar-refractivity contribution in [2.75, 3.05) is 35.9 Å². The lowest BCUT2D eigenvalue weighted by Gasteiger charge is -2.23. The lowest BCUT2D eigenvalue weighted by atomic mass is 9.98. The Labute approximate surface area is 114 Å². The van der Waals surface area contributed by atoms with Gasteiger partial charge in [-0.25, -0.2) is 8.42 Å². The zero-order valence-electron chi connectivity index (χ0n) is 11.1. The maximum Gasteiger partial charge on any atom is 0.229 e. The van der Waals surface area contributed by atoms with Gasteiger partial charge >= 0.3 is 0 Å². The van der Waals surface area contributed by atoms with Crippen LogP contribution >= 0.6 is 0 Å².